The summed E-state index contributed by atoms with van der Waals surface area (Å²) in [5.41, 5.74) is 4.26. The number of amides is 1. The van der Waals surface area contributed by atoms with Crippen LogP contribution in [0.1, 0.15) is 21.5 Å². The fourth-order valence-electron chi connectivity index (χ4n) is 3.01. The van der Waals surface area contributed by atoms with Crippen LogP contribution in [0.5, 0.6) is 0 Å². The first-order valence-corrected chi connectivity index (χ1v) is 10.1. The average molecular weight is 402 g/mol. The van der Waals surface area contributed by atoms with E-state index >= 15 is 0 Å². The highest BCUT2D eigenvalue weighted by Gasteiger charge is 2.22. The number of aromatic nitrogens is 1. The second-order valence-electron chi connectivity index (χ2n) is 6.77. The van der Waals surface area contributed by atoms with Crippen molar-refractivity contribution >= 4 is 22.4 Å². The van der Waals surface area contributed by atoms with Crippen LogP contribution in [-0.2, 0) is 6.54 Å². The molecule has 29 heavy (non-hydrogen) atoms. The molecule has 0 atom stereocenters. The van der Waals surface area contributed by atoms with Crippen LogP contribution in [0.15, 0.2) is 84.2 Å². The molecule has 0 saturated heterocycles. The minimum atomic E-state index is -0.435. The highest BCUT2D eigenvalue weighted by Crippen LogP contribution is 2.30. The van der Waals surface area contributed by atoms with Crippen LogP contribution in [0.3, 0.4) is 0 Å². The molecule has 3 aromatic carbocycles. The van der Waals surface area contributed by atoms with Crippen LogP contribution in [0.25, 0.3) is 11.3 Å². The summed E-state index contributed by atoms with van der Waals surface area (Å²) in [5, 5.41) is 2.52. The molecule has 4 rings (SSSR count). The van der Waals surface area contributed by atoms with Gasteiger partial charge in [0.1, 0.15) is 5.82 Å². The highest BCUT2D eigenvalue weighted by atomic mass is 32.1. The molecule has 0 saturated carbocycles. The second-order valence-corrected chi connectivity index (χ2v) is 7.61. The molecular formula is C24H19FN2OS. The van der Waals surface area contributed by atoms with Gasteiger partial charge in [0, 0.05) is 16.5 Å². The van der Waals surface area contributed by atoms with Crippen molar-refractivity contribution in [3.63, 3.8) is 0 Å². The SMILES string of the molecule is Cc1ccc(-c2csc(N(Cc3ccccc3)C(=O)c3cccc(F)c3)n2)cc1. The van der Waals surface area contributed by atoms with E-state index in [4.69, 9.17) is 4.98 Å². The average Bonchev–Trinajstić information content (AvgIpc) is 3.23. The monoisotopic (exact) mass is 402 g/mol. The maximum absolute atomic E-state index is 13.7. The smallest absolute Gasteiger partial charge is 0.260 e. The van der Waals surface area contributed by atoms with E-state index < -0.39 is 5.82 Å². The Balaban J connectivity index is 1.70. The van der Waals surface area contributed by atoms with Crippen molar-refractivity contribution in [3.05, 3.63) is 107 Å². The van der Waals surface area contributed by atoms with Crippen molar-refractivity contribution in [1.29, 1.82) is 0 Å². The standard InChI is InChI=1S/C24H19FN2OS/c1-17-10-12-19(13-11-17)22-16-29-24(26-22)27(15-18-6-3-2-4-7-18)23(28)20-8-5-9-21(25)14-20/h2-14,16H,15H2,1H3. The van der Waals surface area contributed by atoms with E-state index in [9.17, 15) is 9.18 Å². The maximum Gasteiger partial charge on any atom is 0.260 e. The third-order valence-electron chi connectivity index (χ3n) is 4.57. The molecule has 0 bridgehead atoms. The van der Waals surface area contributed by atoms with E-state index in [1.165, 1.54) is 29.0 Å². The molecule has 0 N–H and O–H groups in total. The van der Waals surface area contributed by atoms with Gasteiger partial charge >= 0.3 is 0 Å². The minimum Gasteiger partial charge on any atom is -0.279 e. The number of anilines is 1. The fourth-order valence-corrected chi connectivity index (χ4v) is 3.85. The summed E-state index contributed by atoms with van der Waals surface area (Å²) in [6.07, 6.45) is 0. The van der Waals surface area contributed by atoms with Crippen LogP contribution in [0, 0.1) is 12.7 Å². The maximum atomic E-state index is 13.7. The van der Waals surface area contributed by atoms with E-state index in [-0.39, 0.29) is 5.91 Å². The number of halogens is 1. The number of thiazole rings is 1. The molecule has 1 heterocycles. The normalized spacial score (nSPS) is 10.7. The molecule has 5 heteroatoms. The van der Waals surface area contributed by atoms with Gasteiger partial charge in [-0.05, 0) is 30.7 Å². The molecule has 0 aliphatic carbocycles. The van der Waals surface area contributed by atoms with Gasteiger partial charge in [-0.3, -0.25) is 9.69 Å². The van der Waals surface area contributed by atoms with Crippen molar-refractivity contribution < 1.29 is 9.18 Å². The Morgan fingerprint density at radius 2 is 1.76 bits per heavy atom. The number of aryl methyl sites for hydroxylation is 1. The summed E-state index contributed by atoms with van der Waals surface area (Å²) in [4.78, 5) is 19.5. The molecule has 0 unspecified atom stereocenters. The Labute approximate surface area is 173 Å². The number of carbonyl (C=O) groups is 1. The van der Waals surface area contributed by atoms with E-state index in [0.29, 0.717) is 17.2 Å². The summed E-state index contributed by atoms with van der Waals surface area (Å²) in [6.45, 7) is 2.40. The summed E-state index contributed by atoms with van der Waals surface area (Å²) >= 11 is 1.40. The number of carbonyl (C=O) groups excluding carboxylic acids is 1. The molecule has 1 amide bonds. The van der Waals surface area contributed by atoms with Gasteiger partial charge in [0.25, 0.3) is 5.91 Å². The lowest BCUT2D eigenvalue weighted by molar-refractivity contribution is 0.0984. The number of hydrogen-bond donors (Lipinski definition) is 0. The van der Waals surface area contributed by atoms with Crippen molar-refractivity contribution in [1.82, 2.24) is 4.98 Å². The predicted octanol–water partition coefficient (Wildman–Crippen LogP) is 6.10. The van der Waals surface area contributed by atoms with E-state index in [2.05, 4.69) is 0 Å². The Hall–Kier alpha value is -3.31. The first-order chi connectivity index (χ1) is 14.1. The van der Waals surface area contributed by atoms with Gasteiger partial charge in [0.15, 0.2) is 5.13 Å². The molecule has 0 aliphatic heterocycles. The van der Waals surface area contributed by atoms with Gasteiger partial charge in [-0.1, -0.05) is 66.2 Å². The van der Waals surface area contributed by atoms with Crippen LogP contribution < -0.4 is 4.90 Å². The molecule has 0 aliphatic rings. The Kier molecular flexibility index (Phi) is 5.49. The quantitative estimate of drug-likeness (QED) is 0.404. The third-order valence-corrected chi connectivity index (χ3v) is 5.43. The number of benzene rings is 3. The van der Waals surface area contributed by atoms with Crippen molar-refractivity contribution in [2.24, 2.45) is 0 Å². The lowest BCUT2D eigenvalue weighted by atomic mass is 10.1. The molecule has 0 fully saturated rings. The van der Waals surface area contributed by atoms with Crippen LogP contribution in [-0.4, -0.2) is 10.9 Å². The van der Waals surface area contributed by atoms with Crippen molar-refractivity contribution in [3.8, 4) is 11.3 Å². The minimum absolute atomic E-state index is 0.279. The predicted molar refractivity (Wildman–Crippen MR) is 116 cm³/mol. The molecule has 3 nitrogen and oxygen atoms in total. The first kappa shape index (κ1) is 19.0. The zero-order chi connectivity index (χ0) is 20.2. The first-order valence-electron chi connectivity index (χ1n) is 9.24. The fraction of sp³-hybridized carbons (Fsp3) is 0.0833. The molecule has 144 valence electrons. The zero-order valence-electron chi connectivity index (χ0n) is 15.9. The van der Waals surface area contributed by atoms with E-state index in [0.717, 1.165) is 16.8 Å². The molecule has 0 spiro atoms. The second kappa shape index (κ2) is 8.37. The van der Waals surface area contributed by atoms with E-state index in [1.807, 2.05) is 66.9 Å². The number of rotatable bonds is 5. The van der Waals surface area contributed by atoms with Gasteiger partial charge < -0.3 is 0 Å². The molecular weight excluding hydrogens is 383 g/mol. The summed E-state index contributed by atoms with van der Waals surface area (Å²) in [5.74, 6) is -0.715. The van der Waals surface area contributed by atoms with Gasteiger partial charge in [0.2, 0.25) is 0 Å². The number of nitrogens with zero attached hydrogens (tertiary/aromatic N) is 2. The third kappa shape index (κ3) is 4.41. The van der Waals surface area contributed by atoms with Gasteiger partial charge in [-0.25, -0.2) is 9.37 Å². The zero-order valence-corrected chi connectivity index (χ0v) is 16.7. The van der Waals surface area contributed by atoms with Crippen LogP contribution >= 0.6 is 11.3 Å². The Morgan fingerprint density at radius 1 is 1.00 bits per heavy atom. The molecule has 4 aromatic rings. The molecule has 1 aromatic heterocycles. The Bertz CT molecular complexity index is 1120. The van der Waals surface area contributed by atoms with Crippen molar-refractivity contribution in [2.75, 3.05) is 4.90 Å². The largest absolute Gasteiger partial charge is 0.279 e. The van der Waals surface area contributed by atoms with Gasteiger partial charge in [0.05, 0.1) is 12.2 Å². The van der Waals surface area contributed by atoms with Gasteiger partial charge in [-0.2, -0.15) is 0 Å². The van der Waals surface area contributed by atoms with Crippen molar-refractivity contribution in [2.45, 2.75) is 13.5 Å². The lowest BCUT2D eigenvalue weighted by Gasteiger charge is -2.20. The number of hydrogen-bond acceptors (Lipinski definition) is 3. The lowest BCUT2D eigenvalue weighted by Crippen LogP contribution is -2.30. The summed E-state index contributed by atoms with van der Waals surface area (Å²) in [7, 11) is 0. The molecule has 0 radical (unpaired) electrons. The summed E-state index contributed by atoms with van der Waals surface area (Å²) in [6, 6.07) is 23.6. The van der Waals surface area contributed by atoms with Crippen LogP contribution in [0.4, 0.5) is 9.52 Å². The topological polar surface area (TPSA) is 33.2 Å². The van der Waals surface area contributed by atoms with Gasteiger partial charge in [-0.15, -0.1) is 11.3 Å². The Morgan fingerprint density at radius 3 is 2.48 bits per heavy atom. The summed E-state index contributed by atoms with van der Waals surface area (Å²) < 4.78 is 13.7. The highest BCUT2D eigenvalue weighted by molar-refractivity contribution is 7.14. The van der Waals surface area contributed by atoms with E-state index in [1.54, 1.807) is 17.0 Å². The van der Waals surface area contributed by atoms with Crippen LogP contribution in [0.2, 0.25) is 0 Å².